The standard InChI is InChI=1S/C43H24N2O/c1-2-9-26-34-22-31-27-11-7-17-39-41(27)42-28(12-8-18-40(42)46-39)32(31)23-38(34)44(35(26)15-3-1)24-19-20-37-33(21-24)30-14-6-13-29-25-10-4-5-16-36(25)45(37)43(29)30/h2-23H,1H2. The highest BCUT2D eigenvalue weighted by Crippen LogP contribution is 2.46. The fourth-order valence-corrected chi connectivity index (χ4v) is 8.76. The first-order valence-electron chi connectivity index (χ1n) is 16.0. The van der Waals surface area contributed by atoms with Crippen molar-refractivity contribution in [2.24, 2.45) is 0 Å². The van der Waals surface area contributed by atoms with E-state index in [1.165, 1.54) is 98.3 Å². The number of rotatable bonds is 1. The summed E-state index contributed by atoms with van der Waals surface area (Å²) in [6, 6.07) is 40.4. The Kier molecular flexibility index (Phi) is 4.04. The Morgan fingerprint density at radius 2 is 1.15 bits per heavy atom. The van der Waals surface area contributed by atoms with Crippen LogP contribution < -0.4 is 0 Å². The van der Waals surface area contributed by atoms with Gasteiger partial charge in [0, 0.05) is 49.0 Å². The molecule has 1 aliphatic carbocycles. The normalized spacial score (nSPS) is 13.8. The second kappa shape index (κ2) is 7.96. The van der Waals surface area contributed by atoms with E-state index in [2.05, 4.69) is 142 Å². The van der Waals surface area contributed by atoms with E-state index in [1.807, 2.05) is 0 Å². The Morgan fingerprint density at radius 3 is 2.00 bits per heavy atom. The van der Waals surface area contributed by atoms with Gasteiger partial charge >= 0.3 is 0 Å². The van der Waals surface area contributed by atoms with Crippen LogP contribution in [0.25, 0.3) is 110 Å². The lowest BCUT2D eigenvalue weighted by Crippen LogP contribution is -1.97. The largest absolute Gasteiger partial charge is 0.456 e. The third-order valence-electron chi connectivity index (χ3n) is 10.6. The zero-order valence-electron chi connectivity index (χ0n) is 24.7. The lowest BCUT2D eigenvalue weighted by atomic mass is 9.93. The first kappa shape index (κ1) is 23.3. The van der Waals surface area contributed by atoms with Crippen molar-refractivity contribution in [1.29, 1.82) is 0 Å². The van der Waals surface area contributed by atoms with Gasteiger partial charge < -0.3 is 13.4 Å². The van der Waals surface area contributed by atoms with Gasteiger partial charge in [0.25, 0.3) is 0 Å². The third-order valence-corrected chi connectivity index (χ3v) is 10.6. The molecule has 0 atom stereocenters. The minimum absolute atomic E-state index is 0.926. The maximum atomic E-state index is 6.35. The van der Waals surface area contributed by atoms with Crippen LogP contribution in [0.1, 0.15) is 17.7 Å². The molecule has 1 aliphatic rings. The highest BCUT2D eigenvalue weighted by molar-refractivity contribution is 6.34. The topological polar surface area (TPSA) is 22.5 Å². The number of benzene rings is 7. The summed E-state index contributed by atoms with van der Waals surface area (Å²) in [5.41, 5.74) is 10.6. The van der Waals surface area contributed by atoms with E-state index in [0.717, 1.165) is 17.6 Å². The van der Waals surface area contributed by atoms with E-state index in [4.69, 9.17) is 4.42 Å². The summed E-state index contributed by atoms with van der Waals surface area (Å²) in [4.78, 5) is 0. The molecular weight excluding hydrogens is 560 g/mol. The van der Waals surface area contributed by atoms with Crippen LogP contribution in [0.3, 0.4) is 0 Å². The van der Waals surface area contributed by atoms with Crippen LogP contribution in [0.5, 0.6) is 0 Å². The lowest BCUT2D eigenvalue weighted by molar-refractivity contribution is 0.669. The molecule has 0 unspecified atom stereocenters. The van der Waals surface area contributed by atoms with Crippen LogP contribution in [0, 0.1) is 0 Å². The van der Waals surface area contributed by atoms with Crippen LogP contribution in [0.2, 0.25) is 0 Å². The van der Waals surface area contributed by atoms with Crippen molar-refractivity contribution in [3.8, 4) is 5.69 Å². The Morgan fingerprint density at radius 1 is 0.478 bits per heavy atom. The van der Waals surface area contributed by atoms with Gasteiger partial charge in [-0.25, -0.2) is 0 Å². The van der Waals surface area contributed by atoms with E-state index in [9.17, 15) is 0 Å². The molecule has 0 amide bonds. The molecule has 0 saturated heterocycles. The molecule has 0 N–H and O–H groups in total. The summed E-state index contributed by atoms with van der Waals surface area (Å²) >= 11 is 0. The van der Waals surface area contributed by atoms with Gasteiger partial charge in [0.1, 0.15) is 11.2 Å². The van der Waals surface area contributed by atoms with Gasteiger partial charge in [-0.2, -0.15) is 0 Å². The van der Waals surface area contributed by atoms with Crippen molar-refractivity contribution in [1.82, 2.24) is 8.97 Å². The van der Waals surface area contributed by atoms with E-state index >= 15 is 0 Å². The molecule has 0 aliphatic heterocycles. The Bertz CT molecular complexity index is 3160. The van der Waals surface area contributed by atoms with Gasteiger partial charge in [0.2, 0.25) is 0 Å². The Labute approximate surface area is 262 Å². The first-order valence-corrected chi connectivity index (χ1v) is 16.0. The van der Waals surface area contributed by atoms with Gasteiger partial charge in [0.15, 0.2) is 0 Å². The second-order valence-electron chi connectivity index (χ2n) is 12.8. The first-order chi connectivity index (χ1) is 22.8. The minimum Gasteiger partial charge on any atom is -0.456 e. The van der Waals surface area contributed by atoms with Gasteiger partial charge in [-0.15, -0.1) is 0 Å². The number of allylic oxidation sites excluding steroid dienone is 2. The molecule has 0 fully saturated rings. The van der Waals surface area contributed by atoms with Crippen LogP contribution in [-0.2, 0) is 0 Å². The van der Waals surface area contributed by atoms with Crippen molar-refractivity contribution < 1.29 is 4.42 Å². The smallest absolute Gasteiger partial charge is 0.136 e. The number of nitrogens with zero attached hydrogens (tertiary/aromatic N) is 2. The highest BCUT2D eigenvalue weighted by Gasteiger charge is 2.23. The van der Waals surface area contributed by atoms with E-state index in [0.29, 0.717) is 0 Å². The van der Waals surface area contributed by atoms with E-state index in [1.54, 1.807) is 0 Å². The molecule has 0 spiro atoms. The van der Waals surface area contributed by atoms with Crippen LogP contribution in [0.15, 0.2) is 126 Å². The molecule has 0 radical (unpaired) electrons. The van der Waals surface area contributed by atoms with Gasteiger partial charge in [-0.3, -0.25) is 0 Å². The molecule has 3 heteroatoms. The summed E-state index contributed by atoms with van der Waals surface area (Å²) in [6.07, 6.45) is 10.1. The number of furan rings is 1. The molecule has 11 aromatic rings. The molecule has 0 bridgehead atoms. The quantitative estimate of drug-likeness (QED) is 0.176. The summed E-state index contributed by atoms with van der Waals surface area (Å²) in [5.74, 6) is 0. The number of fused-ring (bicyclic) bond motifs is 12. The molecular formula is C43H24N2O. The van der Waals surface area contributed by atoms with Crippen molar-refractivity contribution in [3.63, 3.8) is 0 Å². The average Bonchev–Trinajstić information content (AvgIpc) is 3.78. The zero-order chi connectivity index (χ0) is 29.7. The van der Waals surface area contributed by atoms with E-state index in [-0.39, 0.29) is 0 Å². The third kappa shape index (κ3) is 2.64. The Hall–Kier alpha value is -6.06. The predicted octanol–water partition coefficient (Wildman–Crippen LogP) is 11.9. The fourth-order valence-electron chi connectivity index (χ4n) is 8.76. The van der Waals surface area contributed by atoms with Crippen LogP contribution in [0.4, 0.5) is 0 Å². The van der Waals surface area contributed by atoms with Crippen LogP contribution in [-0.4, -0.2) is 8.97 Å². The molecule has 212 valence electrons. The average molecular weight is 585 g/mol. The fraction of sp³-hybridized carbons (Fsp3) is 0.0233. The van der Waals surface area contributed by atoms with Gasteiger partial charge in [-0.1, -0.05) is 78.9 Å². The highest BCUT2D eigenvalue weighted by atomic mass is 16.3. The van der Waals surface area contributed by atoms with Crippen molar-refractivity contribution in [3.05, 3.63) is 133 Å². The molecule has 4 aromatic heterocycles. The van der Waals surface area contributed by atoms with E-state index < -0.39 is 0 Å². The monoisotopic (exact) mass is 584 g/mol. The zero-order valence-corrected chi connectivity index (χ0v) is 24.7. The number of para-hydroxylation sites is 2. The molecule has 12 rings (SSSR count). The summed E-state index contributed by atoms with van der Waals surface area (Å²) < 4.78 is 11.3. The van der Waals surface area contributed by atoms with Gasteiger partial charge in [0.05, 0.1) is 27.8 Å². The van der Waals surface area contributed by atoms with Gasteiger partial charge in [-0.05, 0) is 82.6 Å². The molecule has 4 heterocycles. The molecule has 46 heavy (non-hydrogen) atoms. The summed E-state index contributed by atoms with van der Waals surface area (Å²) in [5, 5.41) is 13.9. The predicted molar refractivity (Wildman–Crippen MR) is 194 cm³/mol. The lowest BCUT2D eigenvalue weighted by Gasteiger charge is -2.12. The maximum absolute atomic E-state index is 6.35. The number of hydrogen-bond donors (Lipinski definition) is 0. The maximum Gasteiger partial charge on any atom is 0.136 e. The number of hydrogen-bond acceptors (Lipinski definition) is 1. The molecule has 3 nitrogen and oxygen atoms in total. The minimum atomic E-state index is 0.926. The molecule has 0 saturated carbocycles. The molecule has 7 aromatic carbocycles. The SMILES string of the molecule is C1=Cc2c(n(-c3ccc4c(c3)c3cccc5c6ccccc6n4c53)c3cc4c(cc23)c2cccc3oc5cccc4c5c32)C=CC1. The van der Waals surface area contributed by atoms with Crippen LogP contribution >= 0.6 is 0 Å². The second-order valence-corrected chi connectivity index (χ2v) is 12.8. The van der Waals surface area contributed by atoms with Crippen molar-refractivity contribution in [2.45, 2.75) is 6.42 Å². The summed E-state index contributed by atoms with van der Waals surface area (Å²) in [6.45, 7) is 0. The Balaban J connectivity index is 1.24. The van der Waals surface area contributed by atoms with Crippen molar-refractivity contribution >= 4 is 105 Å². The number of aromatic nitrogens is 2. The summed E-state index contributed by atoms with van der Waals surface area (Å²) in [7, 11) is 0. The van der Waals surface area contributed by atoms with Crippen molar-refractivity contribution in [2.75, 3.05) is 0 Å².